The van der Waals surface area contributed by atoms with E-state index in [0.717, 1.165) is 0 Å². The third kappa shape index (κ3) is 5.50. The molecule has 0 saturated carbocycles. The first-order chi connectivity index (χ1) is 4.81. The summed E-state index contributed by atoms with van der Waals surface area (Å²) >= 11 is 4.36. The third-order valence-electron chi connectivity index (χ3n) is 0.832. The minimum Gasteiger partial charge on any atom is -0.466 e. The summed E-state index contributed by atoms with van der Waals surface area (Å²) in [6.07, 6.45) is 0.345. The molecule has 57 valence electrons. The van der Waals surface area contributed by atoms with E-state index >= 15 is 0 Å². The molecule has 0 aromatic heterocycles. The molecule has 3 nitrogen and oxygen atoms in total. The SMILES string of the molecule is CCOC(=O)CCN[C]=S. The Morgan fingerprint density at radius 3 is 3.00 bits per heavy atom. The fraction of sp³-hybridized carbons (Fsp3) is 0.667. The first-order valence-corrected chi connectivity index (χ1v) is 3.47. The van der Waals surface area contributed by atoms with Gasteiger partial charge in [0.2, 0.25) is 0 Å². The zero-order valence-electron chi connectivity index (χ0n) is 5.85. The number of hydrogen-bond donors (Lipinski definition) is 1. The predicted molar refractivity (Wildman–Crippen MR) is 41.9 cm³/mol. The van der Waals surface area contributed by atoms with Gasteiger partial charge < -0.3 is 10.1 Å². The molecular formula is C6H10NO2S. The molecule has 0 unspecified atom stereocenters. The molecular weight excluding hydrogens is 150 g/mol. The van der Waals surface area contributed by atoms with E-state index in [1.165, 1.54) is 0 Å². The predicted octanol–water partition coefficient (Wildman–Crippen LogP) is 0.363. The summed E-state index contributed by atoms with van der Waals surface area (Å²) in [5.41, 5.74) is 2.29. The summed E-state index contributed by atoms with van der Waals surface area (Å²) < 4.78 is 4.65. The molecule has 4 heteroatoms. The zero-order chi connectivity index (χ0) is 7.82. The van der Waals surface area contributed by atoms with Crippen LogP contribution in [0.3, 0.4) is 0 Å². The van der Waals surface area contributed by atoms with Gasteiger partial charge in [0.25, 0.3) is 0 Å². The van der Waals surface area contributed by atoms with Crippen LogP contribution in [-0.4, -0.2) is 24.6 Å². The molecule has 0 aromatic carbocycles. The second kappa shape index (κ2) is 6.48. The first kappa shape index (κ1) is 9.36. The topological polar surface area (TPSA) is 38.3 Å². The van der Waals surface area contributed by atoms with Gasteiger partial charge in [-0.25, -0.2) is 0 Å². The third-order valence-corrected chi connectivity index (χ3v) is 0.976. The molecule has 1 radical (unpaired) electrons. The van der Waals surface area contributed by atoms with Crippen LogP contribution < -0.4 is 5.32 Å². The first-order valence-electron chi connectivity index (χ1n) is 3.07. The lowest BCUT2D eigenvalue weighted by Crippen LogP contribution is -2.16. The number of carbonyl (C=O) groups excluding carboxylic acids is 1. The monoisotopic (exact) mass is 160 g/mol. The number of rotatable bonds is 5. The summed E-state index contributed by atoms with van der Waals surface area (Å²) in [7, 11) is 0. The van der Waals surface area contributed by atoms with Crippen molar-refractivity contribution in [1.82, 2.24) is 5.32 Å². The van der Waals surface area contributed by atoms with Crippen LogP contribution in [0.4, 0.5) is 0 Å². The molecule has 10 heavy (non-hydrogen) atoms. The highest BCUT2D eigenvalue weighted by Gasteiger charge is 1.97. The molecule has 0 saturated heterocycles. The van der Waals surface area contributed by atoms with E-state index < -0.39 is 0 Å². The van der Waals surface area contributed by atoms with Crippen LogP contribution in [0, 0.1) is 0 Å². The molecule has 0 heterocycles. The fourth-order valence-electron chi connectivity index (χ4n) is 0.449. The average molecular weight is 160 g/mol. The van der Waals surface area contributed by atoms with Gasteiger partial charge in [-0.05, 0) is 6.92 Å². The molecule has 0 atom stereocenters. The maximum absolute atomic E-state index is 10.6. The molecule has 1 N–H and O–H groups in total. The van der Waals surface area contributed by atoms with Gasteiger partial charge in [-0.2, -0.15) is 0 Å². The molecule has 0 amide bonds. The maximum Gasteiger partial charge on any atom is 0.307 e. The van der Waals surface area contributed by atoms with Crippen molar-refractivity contribution < 1.29 is 9.53 Å². The number of nitrogens with one attached hydrogen (secondary N) is 1. The lowest BCUT2D eigenvalue weighted by molar-refractivity contribution is -0.142. The van der Waals surface area contributed by atoms with Gasteiger partial charge in [0, 0.05) is 6.54 Å². The molecule has 0 rings (SSSR count). The fourth-order valence-corrected chi connectivity index (χ4v) is 0.551. The molecule has 0 aromatic rings. The molecule has 0 aliphatic rings. The Kier molecular flexibility index (Phi) is 6.06. The number of thiocarbonyl (C=S) groups is 1. The van der Waals surface area contributed by atoms with Crippen molar-refractivity contribution in [3.63, 3.8) is 0 Å². The van der Waals surface area contributed by atoms with Gasteiger partial charge in [-0.1, -0.05) is 12.2 Å². The second-order valence-corrected chi connectivity index (χ2v) is 1.79. The lowest BCUT2D eigenvalue weighted by atomic mass is 10.4. The Morgan fingerprint density at radius 1 is 1.80 bits per heavy atom. The highest BCUT2D eigenvalue weighted by Crippen LogP contribution is 1.82. The molecule has 0 bridgehead atoms. The zero-order valence-corrected chi connectivity index (χ0v) is 6.66. The van der Waals surface area contributed by atoms with Crippen molar-refractivity contribution in [3.05, 3.63) is 0 Å². The molecule has 0 aliphatic heterocycles. The van der Waals surface area contributed by atoms with Crippen LogP contribution in [-0.2, 0) is 9.53 Å². The Bertz CT molecular complexity index is 116. The summed E-state index contributed by atoms with van der Waals surface area (Å²) in [5.74, 6) is -0.208. The number of esters is 1. The van der Waals surface area contributed by atoms with E-state index in [4.69, 9.17) is 0 Å². The minimum absolute atomic E-state index is 0.208. The minimum atomic E-state index is -0.208. The van der Waals surface area contributed by atoms with E-state index in [1.807, 2.05) is 0 Å². The van der Waals surface area contributed by atoms with Crippen molar-refractivity contribution in [1.29, 1.82) is 0 Å². The molecule has 0 spiro atoms. The average Bonchev–Trinajstić information content (AvgIpc) is 1.89. The van der Waals surface area contributed by atoms with E-state index in [1.54, 1.807) is 6.92 Å². The largest absolute Gasteiger partial charge is 0.466 e. The summed E-state index contributed by atoms with van der Waals surface area (Å²) in [5, 5.41) is 2.60. The van der Waals surface area contributed by atoms with Gasteiger partial charge in [-0.15, -0.1) is 0 Å². The van der Waals surface area contributed by atoms with Crippen LogP contribution in [0.25, 0.3) is 0 Å². The summed E-state index contributed by atoms with van der Waals surface area (Å²) in [6.45, 7) is 2.71. The van der Waals surface area contributed by atoms with Crippen molar-refractivity contribution in [3.8, 4) is 0 Å². The Balaban J connectivity index is 3.13. The van der Waals surface area contributed by atoms with Crippen molar-refractivity contribution >= 4 is 23.7 Å². The van der Waals surface area contributed by atoms with Crippen molar-refractivity contribution in [2.24, 2.45) is 0 Å². The number of ether oxygens (including phenoxy) is 1. The van der Waals surface area contributed by atoms with Crippen molar-refractivity contribution in [2.75, 3.05) is 13.2 Å². The van der Waals surface area contributed by atoms with Crippen LogP contribution >= 0.6 is 12.2 Å². The lowest BCUT2D eigenvalue weighted by Gasteiger charge is -1.99. The summed E-state index contributed by atoms with van der Waals surface area (Å²) in [6, 6.07) is 0. The number of hydrogen-bond acceptors (Lipinski definition) is 3. The van der Waals surface area contributed by atoms with Crippen LogP contribution in [0.5, 0.6) is 0 Å². The Morgan fingerprint density at radius 2 is 2.50 bits per heavy atom. The van der Waals surface area contributed by atoms with E-state index in [2.05, 4.69) is 27.8 Å². The van der Waals surface area contributed by atoms with Gasteiger partial charge in [0.1, 0.15) is 5.49 Å². The maximum atomic E-state index is 10.6. The summed E-state index contributed by atoms with van der Waals surface area (Å²) in [4.78, 5) is 10.6. The van der Waals surface area contributed by atoms with Gasteiger partial charge >= 0.3 is 5.97 Å². The van der Waals surface area contributed by atoms with Gasteiger partial charge in [0.05, 0.1) is 13.0 Å². The quantitative estimate of drug-likeness (QED) is 0.273. The molecule has 0 aliphatic carbocycles. The highest BCUT2D eigenvalue weighted by molar-refractivity contribution is 7.78. The van der Waals surface area contributed by atoms with E-state index in [0.29, 0.717) is 19.6 Å². The highest BCUT2D eigenvalue weighted by atomic mass is 32.1. The van der Waals surface area contributed by atoms with Gasteiger partial charge in [-0.3, -0.25) is 4.79 Å². The molecule has 0 fully saturated rings. The number of carbonyl (C=O) groups is 1. The standard InChI is InChI=1S/C6H10NO2S/c1-2-9-6(8)3-4-7-5-10/h2-4H2,1H3,(H,7,10). The van der Waals surface area contributed by atoms with Crippen molar-refractivity contribution in [2.45, 2.75) is 13.3 Å². The van der Waals surface area contributed by atoms with Crippen LogP contribution in [0.1, 0.15) is 13.3 Å². The normalized spacial score (nSPS) is 8.50. The van der Waals surface area contributed by atoms with Crippen LogP contribution in [0.15, 0.2) is 0 Å². The van der Waals surface area contributed by atoms with E-state index in [-0.39, 0.29) is 5.97 Å². The Labute approximate surface area is 65.7 Å². The van der Waals surface area contributed by atoms with E-state index in [9.17, 15) is 4.79 Å². The Hall–Kier alpha value is -0.640. The van der Waals surface area contributed by atoms with Crippen LogP contribution in [0.2, 0.25) is 0 Å². The smallest absolute Gasteiger partial charge is 0.307 e. The second-order valence-electron chi connectivity index (χ2n) is 1.58. The van der Waals surface area contributed by atoms with Gasteiger partial charge in [0.15, 0.2) is 0 Å².